The fourth-order valence-electron chi connectivity index (χ4n) is 6.13. The molecule has 0 amide bonds. The second kappa shape index (κ2) is 18.0. The zero-order valence-corrected chi connectivity index (χ0v) is 32.7. The first-order valence-electron chi connectivity index (χ1n) is 18.6. The quantitative estimate of drug-likeness (QED) is 0.0761. The highest BCUT2D eigenvalue weighted by Gasteiger charge is 2.15. The van der Waals surface area contributed by atoms with Gasteiger partial charge in [-0.1, -0.05) is 24.3 Å². The first-order valence-corrected chi connectivity index (χ1v) is 18.6. The van der Waals surface area contributed by atoms with Crippen molar-refractivity contribution >= 4 is 43.9 Å². The molecule has 0 spiro atoms. The summed E-state index contributed by atoms with van der Waals surface area (Å²) in [6.45, 7) is 0. The normalized spacial score (nSPS) is 10.6. The zero-order valence-electron chi connectivity index (χ0n) is 32.7. The SMILES string of the molecule is O=c1cc(-c2cc(O)c(O)c(O)c2)oc2cc(O)ccc12.O=c1cc(-c2cc(O)c(O)c(O)c2)oc2ccccc12.O=c1ccoc2cc(O)ccc12.O=c1ccoc2ccccc12. The van der Waals surface area contributed by atoms with E-state index < -0.39 is 34.5 Å². The molecule has 0 saturated heterocycles. The van der Waals surface area contributed by atoms with E-state index in [1.807, 2.05) is 12.1 Å². The molecule has 0 aliphatic carbocycles. The van der Waals surface area contributed by atoms with Crippen LogP contribution in [-0.2, 0) is 0 Å². The van der Waals surface area contributed by atoms with E-state index in [9.17, 15) is 54.9 Å². The van der Waals surface area contributed by atoms with E-state index in [4.69, 9.17) is 22.8 Å². The first-order chi connectivity index (χ1) is 30.7. The van der Waals surface area contributed by atoms with Crippen LogP contribution in [0.2, 0.25) is 0 Å². The molecule has 4 heterocycles. The number of para-hydroxylation sites is 2. The van der Waals surface area contributed by atoms with Crippen molar-refractivity contribution in [3.63, 3.8) is 0 Å². The highest BCUT2D eigenvalue weighted by atomic mass is 16.4. The highest BCUT2D eigenvalue weighted by Crippen LogP contribution is 2.40. The average Bonchev–Trinajstić information content (AvgIpc) is 3.28. The van der Waals surface area contributed by atoms with Crippen molar-refractivity contribution in [1.29, 1.82) is 0 Å². The van der Waals surface area contributed by atoms with E-state index in [0.29, 0.717) is 43.9 Å². The molecule has 16 nitrogen and oxygen atoms in total. The van der Waals surface area contributed by atoms with E-state index in [1.54, 1.807) is 36.4 Å². The maximum absolute atomic E-state index is 12.0. The zero-order chi connectivity index (χ0) is 45.7. The predicted molar refractivity (Wildman–Crippen MR) is 234 cm³/mol. The molecule has 0 bridgehead atoms. The van der Waals surface area contributed by atoms with Crippen LogP contribution in [0.5, 0.6) is 46.0 Å². The molecule has 0 aliphatic rings. The van der Waals surface area contributed by atoms with Gasteiger partial charge in [0.05, 0.1) is 34.1 Å². The second-order valence-corrected chi connectivity index (χ2v) is 13.6. The molecular weight excluding hydrogens is 833 g/mol. The molecule has 320 valence electrons. The summed E-state index contributed by atoms with van der Waals surface area (Å²) in [7, 11) is 0. The van der Waals surface area contributed by atoms with Crippen LogP contribution < -0.4 is 21.7 Å². The summed E-state index contributed by atoms with van der Waals surface area (Å²) in [6.07, 6.45) is 2.72. The molecule has 0 saturated carbocycles. The van der Waals surface area contributed by atoms with Gasteiger partial charge in [0.2, 0.25) is 0 Å². The van der Waals surface area contributed by atoms with Crippen molar-refractivity contribution in [2.45, 2.75) is 0 Å². The summed E-state index contributed by atoms with van der Waals surface area (Å²) >= 11 is 0. The van der Waals surface area contributed by atoms with Crippen LogP contribution in [0, 0.1) is 0 Å². The van der Waals surface area contributed by atoms with Crippen LogP contribution in [0.4, 0.5) is 0 Å². The van der Waals surface area contributed by atoms with Crippen LogP contribution in [0.3, 0.4) is 0 Å². The summed E-state index contributed by atoms with van der Waals surface area (Å²) in [5.41, 5.74) is 1.47. The van der Waals surface area contributed by atoms with E-state index in [-0.39, 0.29) is 55.9 Å². The van der Waals surface area contributed by atoms with Crippen LogP contribution in [0.1, 0.15) is 0 Å². The van der Waals surface area contributed by atoms with Crippen molar-refractivity contribution in [2.24, 2.45) is 0 Å². The van der Waals surface area contributed by atoms with Crippen LogP contribution in [0.25, 0.3) is 66.5 Å². The smallest absolute Gasteiger partial charge is 0.200 e. The molecular formula is C48H32O16. The number of phenols is 8. The van der Waals surface area contributed by atoms with Gasteiger partial charge in [0.1, 0.15) is 45.4 Å². The minimum atomic E-state index is -0.653. The van der Waals surface area contributed by atoms with Gasteiger partial charge < -0.3 is 58.5 Å². The molecule has 8 N–H and O–H groups in total. The standard InChI is InChI=1S/C15H10O6.C15H10O5.C9H6O3.C9H6O2/c16-8-1-2-9-10(17)6-13(21-14(9)5-8)7-3-11(18)15(20)12(19)4-7;16-10-7-14(20-13-4-2-1-3-9(10)13)8-5-11(17)15(19)12(18)6-8;10-6-1-2-7-8(11)3-4-12-9(7)5-6;10-8-5-6-11-9-4-2-1-3-7(8)9/h1-6,16,18-20H;1-7,17-19H;1-5,10H;1-6H. The Morgan fingerprint density at radius 1 is 0.328 bits per heavy atom. The minimum Gasteiger partial charge on any atom is -0.508 e. The number of benzene rings is 6. The molecule has 4 aromatic heterocycles. The van der Waals surface area contributed by atoms with Crippen molar-refractivity contribution in [1.82, 2.24) is 0 Å². The Morgan fingerprint density at radius 2 is 0.703 bits per heavy atom. The lowest BCUT2D eigenvalue weighted by molar-refractivity contribution is 0.368. The summed E-state index contributed by atoms with van der Waals surface area (Å²) < 4.78 is 21.2. The fourth-order valence-corrected chi connectivity index (χ4v) is 6.13. The van der Waals surface area contributed by atoms with Gasteiger partial charge in [-0.3, -0.25) is 19.2 Å². The van der Waals surface area contributed by atoms with E-state index >= 15 is 0 Å². The number of hydrogen-bond acceptors (Lipinski definition) is 16. The monoisotopic (exact) mass is 864 g/mol. The largest absolute Gasteiger partial charge is 0.508 e. The fraction of sp³-hybridized carbons (Fsp3) is 0. The molecule has 0 radical (unpaired) electrons. The van der Waals surface area contributed by atoms with Gasteiger partial charge in [0, 0.05) is 47.5 Å². The lowest BCUT2D eigenvalue weighted by atomic mass is 10.1. The first kappa shape index (κ1) is 42.7. The molecule has 0 fully saturated rings. The van der Waals surface area contributed by atoms with Gasteiger partial charge >= 0.3 is 0 Å². The van der Waals surface area contributed by atoms with Gasteiger partial charge in [-0.2, -0.15) is 0 Å². The number of fused-ring (bicyclic) bond motifs is 4. The Balaban J connectivity index is 0.000000132. The van der Waals surface area contributed by atoms with E-state index in [1.165, 1.54) is 85.3 Å². The van der Waals surface area contributed by atoms with Crippen LogP contribution in [-0.4, -0.2) is 40.9 Å². The minimum absolute atomic E-state index is 0.00634. The van der Waals surface area contributed by atoms with Crippen LogP contribution in [0.15, 0.2) is 183 Å². The molecule has 10 rings (SSSR count). The predicted octanol–water partition coefficient (Wildman–Crippen LogP) is 8.15. The third kappa shape index (κ3) is 9.30. The second-order valence-electron chi connectivity index (χ2n) is 13.6. The van der Waals surface area contributed by atoms with Crippen molar-refractivity contribution < 1.29 is 58.5 Å². The van der Waals surface area contributed by atoms with E-state index in [2.05, 4.69) is 0 Å². The number of phenolic OH excluding ortho intramolecular Hbond substituents is 8. The maximum Gasteiger partial charge on any atom is 0.200 e. The average molecular weight is 865 g/mol. The molecule has 0 aliphatic heterocycles. The van der Waals surface area contributed by atoms with Crippen LogP contribution >= 0.6 is 0 Å². The van der Waals surface area contributed by atoms with Crippen molar-refractivity contribution in [3.8, 4) is 68.6 Å². The lowest BCUT2D eigenvalue weighted by Crippen LogP contribution is -2.00. The molecule has 6 aromatic carbocycles. The molecule has 0 atom stereocenters. The Hall–Kier alpha value is -9.44. The molecule has 10 aromatic rings. The summed E-state index contributed by atoms with van der Waals surface area (Å²) in [4.78, 5) is 46.2. The Morgan fingerprint density at radius 3 is 1.19 bits per heavy atom. The maximum atomic E-state index is 12.0. The third-order valence-electron chi connectivity index (χ3n) is 9.27. The summed E-state index contributed by atoms with van der Waals surface area (Å²) in [6, 6.07) is 32.4. The number of aromatic hydroxyl groups is 8. The topological polar surface area (TPSA) is 283 Å². The summed E-state index contributed by atoms with van der Waals surface area (Å²) in [5.74, 6) is -3.01. The van der Waals surface area contributed by atoms with Gasteiger partial charge in [-0.25, -0.2) is 0 Å². The molecule has 0 unspecified atom stereocenters. The van der Waals surface area contributed by atoms with Crippen molar-refractivity contribution in [3.05, 3.63) is 187 Å². The lowest BCUT2D eigenvalue weighted by Gasteiger charge is -2.06. The van der Waals surface area contributed by atoms with Gasteiger partial charge in [0.25, 0.3) is 0 Å². The Labute approximate surface area is 357 Å². The van der Waals surface area contributed by atoms with Gasteiger partial charge in [0.15, 0.2) is 56.2 Å². The van der Waals surface area contributed by atoms with E-state index in [0.717, 1.165) is 12.1 Å². The van der Waals surface area contributed by atoms with Gasteiger partial charge in [-0.15, -0.1) is 0 Å². The molecule has 16 heteroatoms. The number of rotatable bonds is 2. The Bertz CT molecular complexity index is 3550. The number of hydrogen-bond donors (Lipinski definition) is 8. The molecule has 64 heavy (non-hydrogen) atoms. The van der Waals surface area contributed by atoms with Gasteiger partial charge in [-0.05, 0) is 72.8 Å². The summed E-state index contributed by atoms with van der Waals surface area (Å²) in [5, 5.41) is 77.0. The third-order valence-corrected chi connectivity index (χ3v) is 9.27. The van der Waals surface area contributed by atoms with Crippen molar-refractivity contribution in [2.75, 3.05) is 0 Å². The highest BCUT2D eigenvalue weighted by molar-refractivity contribution is 5.82. The Kier molecular flexibility index (Phi) is 12.0.